The van der Waals surface area contributed by atoms with E-state index < -0.39 is 0 Å². The maximum absolute atomic E-state index is 12.8. The molecular formula is C16H24N2O2. The maximum Gasteiger partial charge on any atom is 0.256 e. The molecule has 4 heteroatoms. The van der Waals surface area contributed by atoms with Gasteiger partial charge in [-0.2, -0.15) is 0 Å². The molecular weight excluding hydrogens is 252 g/mol. The number of rotatable bonds is 5. The molecule has 1 aliphatic rings. The Bertz CT molecular complexity index is 539. The lowest BCUT2D eigenvalue weighted by Crippen LogP contribution is -2.36. The fourth-order valence-electron chi connectivity index (χ4n) is 2.74. The molecule has 0 bridgehead atoms. The van der Waals surface area contributed by atoms with Crippen LogP contribution in [0, 0.1) is 19.8 Å². The van der Waals surface area contributed by atoms with Crippen LogP contribution in [0.1, 0.15) is 65.7 Å². The summed E-state index contributed by atoms with van der Waals surface area (Å²) in [5, 5.41) is 0. The van der Waals surface area contributed by atoms with Gasteiger partial charge in [-0.25, -0.2) is 0 Å². The first-order valence-electron chi connectivity index (χ1n) is 7.34. The van der Waals surface area contributed by atoms with Gasteiger partial charge in [-0.3, -0.25) is 9.59 Å². The summed E-state index contributed by atoms with van der Waals surface area (Å²) in [6, 6.07) is 0.388. The lowest BCUT2D eigenvalue weighted by Gasteiger charge is -2.25. The van der Waals surface area contributed by atoms with E-state index in [1.54, 1.807) is 0 Å². The van der Waals surface area contributed by atoms with Crippen LogP contribution in [0.3, 0.4) is 0 Å². The molecule has 4 nitrogen and oxygen atoms in total. The van der Waals surface area contributed by atoms with Crippen molar-refractivity contribution >= 4 is 11.7 Å². The Balaban J connectivity index is 2.34. The summed E-state index contributed by atoms with van der Waals surface area (Å²) in [6.07, 6.45) is 2.20. The maximum atomic E-state index is 12.8. The van der Waals surface area contributed by atoms with Gasteiger partial charge in [0, 0.05) is 25.2 Å². The van der Waals surface area contributed by atoms with Gasteiger partial charge in [-0.15, -0.1) is 0 Å². The molecule has 0 unspecified atom stereocenters. The summed E-state index contributed by atoms with van der Waals surface area (Å²) in [5.41, 5.74) is 2.83. The Labute approximate surface area is 120 Å². The van der Waals surface area contributed by atoms with Gasteiger partial charge in [0.2, 0.25) is 0 Å². The molecule has 1 heterocycles. The second-order valence-corrected chi connectivity index (χ2v) is 6.26. The van der Waals surface area contributed by atoms with E-state index in [9.17, 15) is 9.59 Å². The van der Waals surface area contributed by atoms with Gasteiger partial charge < -0.3 is 9.88 Å². The summed E-state index contributed by atoms with van der Waals surface area (Å²) in [5.74, 6) is 0.498. The highest BCUT2D eigenvalue weighted by Crippen LogP contribution is 2.31. The minimum atomic E-state index is -0.0218. The van der Waals surface area contributed by atoms with E-state index >= 15 is 0 Å². The van der Waals surface area contributed by atoms with Crippen LogP contribution in [0.25, 0.3) is 0 Å². The smallest absolute Gasteiger partial charge is 0.256 e. The van der Waals surface area contributed by atoms with Gasteiger partial charge in [0.15, 0.2) is 5.78 Å². The Hall–Kier alpha value is -1.58. The molecule has 0 atom stereocenters. The van der Waals surface area contributed by atoms with Crippen molar-refractivity contribution in [2.75, 3.05) is 6.54 Å². The van der Waals surface area contributed by atoms with Crippen LogP contribution in [0.2, 0.25) is 0 Å². The lowest BCUT2D eigenvalue weighted by molar-refractivity contribution is 0.0721. The van der Waals surface area contributed by atoms with E-state index in [2.05, 4.69) is 18.8 Å². The molecule has 1 amide bonds. The van der Waals surface area contributed by atoms with Crippen LogP contribution >= 0.6 is 0 Å². The van der Waals surface area contributed by atoms with Crippen molar-refractivity contribution in [2.45, 2.75) is 53.5 Å². The highest BCUT2D eigenvalue weighted by Gasteiger charge is 2.35. The quantitative estimate of drug-likeness (QED) is 0.840. The highest BCUT2D eigenvalue weighted by molar-refractivity contribution is 6.02. The number of nitrogens with zero attached hydrogens (tertiary/aromatic N) is 1. The van der Waals surface area contributed by atoms with Crippen molar-refractivity contribution < 1.29 is 9.59 Å². The second-order valence-electron chi connectivity index (χ2n) is 6.26. The third-order valence-corrected chi connectivity index (χ3v) is 3.81. The number of amides is 1. The van der Waals surface area contributed by atoms with Gasteiger partial charge in [-0.05, 0) is 38.2 Å². The third-order valence-electron chi connectivity index (χ3n) is 3.81. The van der Waals surface area contributed by atoms with Crippen molar-refractivity contribution in [3.05, 3.63) is 22.5 Å². The first-order valence-corrected chi connectivity index (χ1v) is 7.34. The van der Waals surface area contributed by atoms with Crippen molar-refractivity contribution in [1.82, 2.24) is 9.88 Å². The number of hydrogen-bond acceptors (Lipinski definition) is 2. The molecule has 1 N–H and O–H groups in total. The fraction of sp³-hybridized carbons (Fsp3) is 0.625. The predicted octanol–water partition coefficient (Wildman–Crippen LogP) is 3.09. The first-order chi connectivity index (χ1) is 9.32. The van der Waals surface area contributed by atoms with Gasteiger partial charge in [0.25, 0.3) is 5.91 Å². The molecule has 0 radical (unpaired) electrons. The average molecular weight is 276 g/mol. The van der Waals surface area contributed by atoms with Gasteiger partial charge in [0.05, 0.1) is 11.3 Å². The van der Waals surface area contributed by atoms with Crippen LogP contribution in [0.15, 0.2) is 0 Å². The number of carbonyl (C=O) groups excluding carboxylic acids is 2. The van der Waals surface area contributed by atoms with E-state index in [-0.39, 0.29) is 11.7 Å². The molecule has 110 valence electrons. The summed E-state index contributed by atoms with van der Waals surface area (Å²) in [6.45, 7) is 10.3. The monoisotopic (exact) mass is 276 g/mol. The summed E-state index contributed by atoms with van der Waals surface area (Å²) >= 11 is 0. The van der Waals surface area contributed by atoms with Gasteiger partial charge in [0.1, 0.15) is 0 Å². The van der Waals surface area contributed by atoms with Crippen LogP contribution < -0.4 is 0 Å². The number of aryl methyl sites for hydroxylation is 1. The largest absolute Gasteiger partial charge is 0.355 e. The van der Waals surface area contributed by atoms with Crippen molar-refractivity contribution in [3.63, 3.8) is 0 Å². The molecule has 1 saturated carbocycles. The zero-order valence-electron chi connectivity index (χ0n) is 13.0. The number of carbonyl (C=O) groups is 2. The number of aromatic amines is 1. The molecule has 1 aliphatic carbocycles. The van der Waals surface area contributed by atoms with Crippen LogP contribution in [0.5, 0.6) is 0 Å². The highest BCUT2D eigenvalue weighted by atomic mass is 16.2. The number of H-pyrrole nitrogens is 1. The normalized spacial score (nSPS) is 14.7. The summed E-state index contributed by atoms with van der Waals surface area (Å²) in [4.78, 5) is 29.5. The second kappa shape index (κ2) is 5.43. The number of nitrogens with one attached hydrogen (secondary N) is 1. The van der Waals surface area contributed by atoms with E-state index in [1.165, 1.54) is 6.92 Å². The van der Waals surface area contributed by atoms with Crippen molar-refractivity contribution in [1.29, 1.82) is 0 Å². The number of Topliss-reactive ketones (excluding diaryl/α,β-unsaturated/α-hetero) is 1. The standard InChI is InChI=1S/C16H24N2O2/c1-9(2)8-18(13-6-7-13)16(20)14-10(3)15(12(5)19)17-11(14)4/h9,13,17H,6-8H2,1-5H3. The Morgan fingerprint density at radius 2 is 1.90 bits per heavy atom. The number of ketones is 1. The Morgan fingerprint density at radius 3 is 2.30 bits per heavy atom. The van der Waals surface area contributed by atoms with E-state index in [0.717, 1.165) is 30.6 Å². The molecule has 0 spiro atoms. The average Bonchev–Trinajstić information content (AvgIpc) is 3.12. The lowest BCUT2D eigenvalue weighted by atomic mass is 10.1. The molecule has 0 saturated heterocycles. The topological polar surface area (TPSA) is 53.2 Å². The zero-order valence-corrected chi connectivity index (χ0v) is 13.0. The van der Waals surface area contributed by atoms with Crippen molar-refractivity contribution in [2.24, 2.45) is 5.92 Å². The van der Waals surface area contributed by atoms with Gasteiger partial charge >= 0.3 is 0 Å². The summed E-state index contributed by atoms with van der Waals surface area (Å²) < 4.78 is 0. The van der Waals surface area contributed by atoms with Crippen LogP contribution in [-0.4, -0.2) is 34.2 Å². The summed E-state index contributed by atoms with van der Waals surface area (Å²) in [7, 11) is 0. The number of hydrogen-bond donors (Lipinski definition) is 1. The third kappa shape index (κ3) is 2.79. The minimum Gasteiger partial charge on any atom is -0.355 e. The molecule has 1 aromatic rings. The molecule has 0 aromatic carbocycles. The van der Waals surface area contributed by atoms with Crippen LogP contribution in [0.4, 0.5) is 0 Å². The first kappa shape index (κ1) is 14.8. The van der Waals surface area contributed by atoms with Gasteiger partial charge in [-0.1, -0.05) is 13.8 Å². The van der Waals surface area contributed by atoms with Crippen LogP contribution in [-0.2, 0) is 0 Å². The zero-order chi connectivity index (χ0) is 15.0. The Kier molecular flexibility index (Phi) is 4.02. The van der Waals surface area contributed by atoms with Crippen molar-refractivity contribution in [3.8, 4) is 0 Å². The van der Waals surface area contributed by atoms with E-state index in [4.69, 9.17) is 0 Å². The molecule has 20 heavy (non-hydrogen) atoms. The predicted molar refractivity (Wildman–Crippen MR) is 79.2 cm³/mol. The van der Waals surface area contributed by atoms with E-state index in [1.807, 2.05) is 18.7 Å². The molecule has 0 aliphatic heterocycles. The SMILES string of the molecule is CC(=O)c1[nH]c(C)c(C(=O)N(CC(C)C)C2CC2)c1C. The molecule has 1 fully saturated rings. The molecule has 1 aromatic heterocycles. The Morgan fingerprint density at radius 1 is 1.30 bits per heavy atom. The molecule has 2 rings (SSSR count). The van der Waals surface area contributed by atoms with E-state index in [0.29, 0.717) is 23.2 Å². The minimum absolute atomic E-state index is 0.0218. The fourth-order valence-corrected chi connectivity index (χ4v) is 2.74. The number of aromatic nitrogens is 1.